The minimum absolute atomic E-state index is 0.0677. The molecule has 14 heavy (non-hydrogen) atoms. The lowest BCUT2D eigenvalue weighted by Gasteiger charge is -1.98. The molecule has 0 unspecified atom stereocenters. The van der Waals surface area contributed by atoms with E-state index in [1.165, 1.54) is 6.07 Å². The standard InChI is InChI=1S/C7H6N4O3/c1-3-2-4-5(9-10-8-4)6(7(3)12)11(13)14/h2,12H,1H3,(H,8,9,10). The van der Waals surface area contributed by atoms with Crippen LogP contribution in [0.15, 0.2) is 6.07 Å². The van der Waals surface area contributed by atoms with Crippen LogP contribution in [-0.4, -0.2) is 25.4 Å². The summed E-state index contributed by atoms with van der Waals surface area (Å²) in [5.41, 5.74) is 0.428. The third kappa shape index (κ3) is 0.987. The Kier molecular flexibility index (Phi) is 1.60. The van der Waals surface area contributed by atoms with Crippen LogP contribution >= 0.6 is 0 Å². The highest BCUT2D eigenvalue weighted by atomic mass is 16.6. The molecule has 72 valence electrons. The quantitative estimate of drug-likeness (QED) is 0.517. The van der Waals surface area contributed by atoms with Crippen molar-refractivity contribution in [2.45, 2.75) is 6.92 Å². The highest BCUT2D eigenvalue weighted by Gasteiger charge is 2.23. The van der Waals surface area contributed by atoms with E-state index < -0.39 is 10.6 Å². The zero-order valence-electron chi connectivity index (χ0n) is 7.18. The topological polar surface area (TPSA) is 105 Å². The number of hydrogen-bond acceptors (Lipinski definition) is 5. The number of nitrogens with one attached hydrogen (secondary N) is 1. The van der Waals surface area contributed by atoms with Crippen LogP contribution in [0.5, 0.6) is 5.75 Å². The lowest BCUT2D eigenvalue weighted by molar-refractivity contribution is -0.384. The molecule has 0 amide bonds. The Hall–Kier alpha value is -2.18. The average Bonchev–Trinajstić information content (AvgIpc) is 2.52. The third-order valence-corrected chi connectivity index (χ3v) is 1.93. The maximum Gasteiger partial charge on any atom is 0.340 e. The number of fused-ring (bicyclic) bond motifs is 1. The fourth-order valence-corrected chi connectivity index (χ4v) is 1.26. The summed E-state index contributed by atoms with van der Waals surface area (Å²) in [7, 11) is 0. The first kappa shape index (κ1) is 8.42. The van der Waals surface area contributed by atoms with Gasteiger partial charge in [0.2, 0.25) is 0 Å². The normalized spacial score (nSPS) is 10.6. The molecule has 0 bridgehead atoms. The summed E-state index contributed by atoms with van der Waals surface area (Å²) in [4.78, 5) is 9.98. The Labute approximate surface area is 77.5 Å². The summed E-state index contributed by atoms with van der Waals surface area (Å²) >= 11 is 0. The van der Waals surface area contributed by atoms with Gasteiger partial charge in [-0.3, -0.25) is 10.1 Å². The van der Waals surface area contributed by atoms with E-state index in [1.807, 2.05) is 0 Å². The van der Waals surface area contributed by atoms with Crippen molar-refractivity contribution in [2.24, 2.45) is 0 Å². The number of hydrogen-bond donors (Lipinski definition) is 2. The predicted octanol–water partition coefficient (Wildman–Crippen LogP) is 0.880. The van der Waals surface area contributed by atoms with Crippen molar-refractivity contribution in [1.29, 1.82) is 0 Å². The largest absolute Gasteiger partial charge is 0.502 e. The molecule has 0 aliphatic carbocycles. The van der Waals surface area contributed by atoms with E-state index in [-0.39, 0.29) is 11.3 Å². The summed E-state index contributed by atoms with van der Waals surface area (Å²) in [5.74, 6) is -0.364. The minimum atomic E-state index is -0.673. The Morgan fingerprint density at radius 3 is 2.93 bits per heavy atom. The smallest absolute Gasteiger partial charge is 0.340 e. The Bertz CT molecular complexity index is 519. The van der Waals surface area contributed by atoms with Gasteiger partial charge in [0, 0.05) is 5.56 Å². The summed E-state index contributed by atoms with van der Waals surface area (Å²) in [6.07, 6.45) is 0. The van der Waals surface area contributed by atoms with E-state index in [1.54, 1.807) is 6.92 Å². The minimum Gasteiger partial charge on any atom is -0.502 e. The molecule has 1 heterocycles. The molecule has 0 aliphatic rings. The van der Waals surface area contributed by atoms with Crippen molar-refractivity contribution < 1.29 is 10.0 Å². The van der Waals surface area contributed by atoms with E-state index in [0.29, 0.717) is 11.1 Å². The number of nitrogens with zero attached hydrogens (tertiary/aromatic N) is 3. The second-order valence-electron chi connectivity index (χ2n) is 2.84. The van der Waals surface area contributed by atoms with Crippen LogP contribution in [0.3, 0.4) is 0 Å². The molecule has 0 spiro atoms. The first-order valence-corrected chi connectivity index (χ1v) is 3.78. The Morgan fingerprint density at radius 2 is 2.29 bits per heavy atom. The number of rotatable bonds is 1. The summed E-state index contributed by atoms with van der Waals surface area (Å²) in [5, 5.41) is 29.7. The fourth-order valence-electron chi connectivity index (χ4n) is 1.26. The molecule has 0 saturated heterocycles. The predicted molar refractivity (Wildman–Crippen MR) is 46.9 cm³/mol. The van der Waals surface area contributed by atoms with Gasteiger partial charge < -0.3 is 5.11 Å². The molecule has 7 nitrogen and oxygen atoms in total. The Morgan fingerprint density at radius 1 is 1.57 bits per heavy atom. The fraction of sp³-hybridized carbons (Fsp3) is 0.143. The van der Waals surface area contributed by atoms with Gasteiger partial charge in [-0.2, -0.15) is 10.3 Å². The van der Waals surface area contributed by atoms with Crippen LogP contribution < -0.4 is 0 Å². The van der Waals surface area contributed by atoms with Gasteiger partial charge in [-0.15, -0.1) is 5.10 Å². The van der Waals surface area contributed by atoms with Gasteiger partial charge in [-0.05, 0) is 13.0 Å². The molecule has 2 N–H and O–H groups in total. The van der Waals surface area contributed by atoms with Gasteiger partial charge in [0.25, 0.3) is 0 Å². The van der Waals surface area contributed by atoms with Crippen LogP contribution in [0, 0.1) is 17.0 Å². The second-order valence-corrected chi connectivity index (χ2v) is 2.84. The monoisotopic (exact) mass is 194 g/mol. The zero-order valence-corrected chi connectivity index (χ0v) is 7.18. The SMILES string of the molecule is Cc1cc2n[nH]nc2c([N+](=O)[O-])c1O. The number of benzene rings is 1. The summed E-state index contributed by atoms with van der Waals surface area (Å²) in [6.45, 7) is 1.57. The van der Waals surface area contributed by atoms with E-state index in [0.717, 1.165) is 0 Å². The zero-order chi connectivity index (χ0) is 10.3. The highest BCUT2D eigenvalue weighted by Crippen LogP contribution is 2.34. The van der Waals surface area contributed by atoms with Crippen molar-refractivity contribution in [3.05, 3.63) is 21.7 Å². The van der Waals surface area contributed by atoms with Gasteiger partial charge in [0.05, 0.1) is 4.92 Å². The van der Waals surface area contributed by atoms with Crippen molar-refractivity contribution in [3.8, 4) is 5.75 Å². The van der Waals surface area contributed by atoms with Gasteiger partial charge in [0.1, 0.15) is 5.52 Å². The Balaban J connectivity index is 2.93. The van der Waals surface area contributed by atoms with E-state index in [4.69, 9.17) is 0 Å². The molecule has 0 fully saturated rings. The number of nitro benzene ring substituents is 1. The lowest BCUT2D eigenvalue weighted by atomic mass is 10.1. The van der Waals surface area contributed by atoms with Crippen molar-refractivity contribution in [2.75, 3.05) is 0 Å². The molecule has 1 aromatic heterocycles. The maximum atomic E-state index is 10.6. The number of aromatic amines is 1. The average molecular weight is 194 g/mol. The molecule has 1 aromatic carbocycles. The summed E-state index contributed by atoms with van der Waals surface area (Å²) < 4.78 is 0. The number of phenolic OH excluding ortho intramolecular Hbond substituents is 1. The van der Waals surface area contributed by atoms with Gasteiger partial charge in [-0.25, -0.2) is 0 Å². The number of aryl methyl sites for hydroxylation is 1. The highest BCUT2D eigenvalue weighted by molar-refractivity contribution is 5.88. The first-order valence-electron chi connectivity index (χ1n) is 3.78. The molecular formula is C7H6N4O3. The van der Waals surface area contributed by atoms with E-state index in [2.05, 4.69) is 15.4 Å². The lowest BCUT2D eigenvalue weighted by Crippen LogP contribution is -1.92. The molecule has 2 rings (SSSR count). The first-order chi connectivity index (χ1) is 6.61. The summed E-state index contributed by atoms with van der Waals surface area (Å²) in [6, 6.07) is 1.53. The molecule has 2 aromatic rings. The van der Waals surface area contributed by atoms with E-state index >= 15 is 0 Å². The maximum absolute atomic E-state index is 10.6. The van der Waals surface area contributed by atoms with Gasteiger partial charge >= 0.3 is 5.69 Å². The van der Waals surface area contributed by atoms with Crippen molar-refractivity contribution in [1.82, 2.24) is 15.4 Å². The molecule has 0 saturated carbocycles. The van der Waals surface area contributed by atoms with Crippen LogP contribution in [0.2, 0.25) is 0 Å². The number of aromatic hydroxyl groups is 1. The molecular weight excluding hydrogens is 188 g/mol. The number of aromatic nitrogens is 3. The van der Waals surface area contributed by atoms with Crippen LogP contribution in [0.1, 0.15) is 5.56 Å². The molecule has 0 aliphatic heterocycles. The van der Waals surface area contributed by atoms with Gasteiger partial charge in [0.15, 0.2) is 11.3 Å². The van der Waals surface area contributed by atoms with Crippen molar-refractivity contribution in [3.63, 3.8) is 0 Å². The van der Waals surface area contributed by atoms with Crippen LogP contribution in [0.25, 0.3) is 11.0 Å². The van der Waals surface area contributed by atoms with Crippen molar-refractivity contribution >= 4 is 16.7 Å². The second kappa shape index (κ2) is 2.66. The van der Waals surface area contributed by atoms with Crippen LogP contribution in [0.4, 0.5) is 5.69 Å². The van der Waals surface area contributed by atoms with Crippen LogP contribution in [-0.2, 0) is 0 Å². The number of nitro groups is 1. The van der Waals surface area contributed by atoms with E-state index in [9.17, 15) is 15.2 Å². The van der Waals surface area contributed by atoms with Gasteiger partial charge in [-0.1, -0.05) is 0 Å². The number of phenols is 1. The molecule has 0 radical (unpaired) electrons. The molecule has 7 heteroatoms. The third-order valence-electron chi connectivity index (χ3n) is 1.93. The molecule has 0 atom stereocenters. The number of H-pyrrole nitrogens is 1.